The van der Waals surface area contributed by atoms with Crippen molar-refractivity contribution in [1.29, 1.82) is 0 Å². The molecule has 88 valence electrons. The number of benzene rings is 1. The first kappa shape index (κ1) is 11.6. The van der Waals surface area contributed by atoms with E-state index >= 15 is 0 Å². The van der Waals surface area contributed by atoms with E-state index in [-0.39, 0.29) is 5.82 Å². The predicted octanol–water partition coefficient (Wildman–Crippen LogP) is 2.13. The number of nitrogens with zero attached hydrogens (tertiary/aromatic N) is 1. The molecule has 0 heterocycles. The van der Waals surface area contributed by atoms with Crippen molar-refractivity contribution in [2.75, 3.05) is 13.6 Å². The number of rotatable bonds is 5. The van der Waals surface area contributed by atoms with E-state index in [1.165, 1.54) is 18.9 Å². The second-order valence-electron chi connectivity index (χ2n) is 4.76. The van der Waals surface area contributed by atoms with Crippen LogP contribution in [0.2, 0.25) is 0 Å². The molecule has 0 atom stereocenters. The molecule has 0 spiro atoms. The normalized spacial score (nSPS) is 15.8. The molecule has 2 rings (SSSR count). The third-order valence-electron chi connectivity index (χ3n) is 3.10. The van der Waals surface area contributed by atoms with Crippen LogP contribution in [0, 0.1) is 11.7 Å². The lowest BCUT2D eigenvalue weighted by atomic mass is 10.1. The third kappa shape index (κ3) is 3.03. The fourth-order valence-corrected chi connectivity index (χ4v) is 2.04. The lowest BCUT2D eigenvalue weighted by Crippen LogP contribution is -2.21. The average Bonchev–Trinajstić information content (AvgIpc) is 3.02. The Morgan fingerprint density at radius 3 is 2.75 bits per heavy atom. The fraction of sp³-hybridized carbons (Fsp3) is 0.538. The third-order valence-corrected chi connectivity index (χ3v) is 3.10. The topological polar surface area (TPSA) is 29.3 Å². The largest absolute Gasteiger partial charge is 0.326 e. The minimum atomic E-state index is -0.174. The Balaban J connectivity index is 2.02. The van der Waals surface area contributed by atoms with Gasteiger partial charge in [-0.05, 0) is 49.1 Å². The number of nitrogens with two attached hydrogens (primary N) is 1. The van der Waals surface area contributed by atoms with Crippen LogP contribution in [0.1, 0.15) is 24.0 Å². The van der Waals surface area contributed by atoms with Gasteiger partial charge in [0.2, 0.25) is 0 Å². The quantitative estimate of drug-likeness (QED) is 0.827. The minimum Gasteiger partial charge on any atom is -0.326 e. The molecule has 3 heteroatoms. The van der Waals surface area contributed by atoms with Crippen molar-refractivity contribution in [3.05, 3.63) is 35.1 Å². The van der Waals surface area contributed by atoms with E-state index in [4.69, 9.17) is 5.73 Å². The molecule has 0 amide bonds. The van der Waals surface area contributed by atoms with Gasteiger partial charge in [-0.3, -0.25) is 0 Å². The van der Waals surface area contributed by atoms with E-state index in [9.17, 15) is 4.39 Å². The van der Waals surface area contributed by atoms with Gasteiger partial charge >= 0.3 is 0 Å². The zero-order valence-electron chi connectivity index (χ0n) is 9.75. The molecule has 0 radical (unpaired) electrons. The molecule has 0 bridgehead atoms. The molecule has 1 fully saturated rings. The summed E-state index contributed by atoms with van der Waals surface area (Å²) in [6, 6.07) is 4.87. The molecule has 1 saturated carbocycles. The van der Waals surface area contributed by atoms with E-state index in [1.807, 2.05) is 0 Å². The van der Waals surface area contributed by atoms with Crippen LogP contribution >= 0.6 is 0 Å². The Morgan fingerprint density at radius 2 is 2.12 bits per heavy atom. The van der Waals surface area contributed by atoms with E-state index in [2.05, 4.69) is 11.9 Å². The van der Waals surface area contributed by atoms with Crippen LogP contribution in [0.15, 0.2) is 18.2 Å². The first-order valence-electron chi connectivity index (χ1n) is 5.85. The molecule has 1 aliphatic carbocycles. The van der Waals surface area contributed by atoms with Crippen LogP contribution in [0.5, 0.6) is 0 Å². The maximum Gasteiger partial charge on any atom is 0.123 e. The maximum absolute atomic E-state index is 13.1. The standard InChI is InChI=1S/C13H19FN2/c1-16(8-10-2-3-10)9-12-6-13(14)5-4-11(12)7-15/h4-6,10H,2-3,7-9,15H2,1H3. The van der Waals surface area contributed by atoms with Gasteiger partial charge in [0.15, 0.2) is 0 Å². The van der Waals surface area contributed by atoms with Crippen molar-refractivity contribution < 1.29 is 4.39 Å². The monoisotopic (exact) mass is 222 g/mol. The number of halogens is 1. The molecule has 1 aromatic carbocycles. The summed E-state index contributed by atoms with van der Waals surface area (Å²) in [6.07, 6.45) is 2.69. The van der Waals surface area contributed by atoms with Crippen molar-refractivity contribution in [3.8, 4) is 0 Å². The Kier molecular flexibility index (Phi) is 3.56. The van der Waals surface area contributed by atoms with Crippen LogP contribution in [0.25, 0.3) is 0 Å². The highest BCUT2D eigenvalue weighted by Gasteiger charge is 2.22. The molecule has 0 unspecified atom stereocenters. The molecule has 2 nitrogen and oxygen atoms in total. The first-order chi connectivity index (χ1) is 7.69. The summed E-state index contributed by atoms with van der Waals surface area (Å²) >= 11 is 0. The highest BCUT2D eigenvalue weighted by molar-refractivity contribution is 5.27. The molecule has 0 saturated heterocycles. The Bertz CT molecular complexity index is 361. The van der Waals surface area contributed by atoms with Crippen LogP contribution in [-0.4, -0.2) is 18.5 Å². The van der Waals surface area contributed by atoms with Gasteiger partial charge < -0.3 is 10.6 Å². The Morgan fingerprint density at radius 1 is 1.38 bits per heavy atom. The van der Waals surface area contributed by atoms with Crippen molar-refractivity contribution in [2.24, 2.45) is 11.7 Å². The molecule has 1 aliphatic rings. The van der Waals surface area contributed by atoms with Gasteiger partial charge in [-0.2, -0.15) is 0 Å². The van der Waals surface area contributed by atoms with Gasteiger partial charge in [-0.15, -0.1) is 0 Å². The van der Waals surface area contributed by atoms with Crippen LogP contribution < -0.4 is 5.73 Å². The number of hydrogen-bond acceptors (Lipinski definition) is 2. The number of hydrogen-bond donors (Lipinski definition) is 1. The molecule has 1 aromatic rings. The SMILES string of the molecule is CN(Cc1cc(F)ccc1CN)CC1CC1. The highest BCUT2D eigenvalue weighted by Crippen LogP contribution is 2.29. The summed E-state index contributed by atoms with van der Waals surface area (Å²) in [5.41, 5.74) is 7.71. The van der Waals surface area contributed by atoms with E-state index < -0.39 is 0 Å². The van der Waals surface area contributed by atoms with Crippen molar-refractivity contribution in [1.82, 2.24) is 4.90 Å². The Hall–Kier alpha value is -0.930. The van der Waals surface area contributed by atoms with Gasteiger partial charge in [0.25, 0.3) is 0 Å². The van der Waals surface area contributed by atoms with Gasteiger partial charge in [0.1, 0.15) is 5.82 Å². The smallest absolute Gasteiger partial charge is 0.123 e. The lowest BCUT2D eigenvalue weighted by molar-refractivity contribution is 0.311. The van der Waals surface area contributed by atoms with E-state index in [0.717, 1.165) is 30.1 Å². The summed E-state index contributed by atoms with van der Waals surface area (Å²) in [6.45, 7) is 2.38. The van der Waals surface area contributed by atoms with Crippen LogP contribution in [0.3, 0.4) is 0 Å². The van der Waals surface area contributed by atoms with Crippen LogP contribution in [-0.2, 0) is 13.1 Å². The highest BCUT2D eigenvalue weighted by atomic mass is 19.1. The first-order valence-corrected chi connectivity index (χ1v) is 5.85. The summed E-state index contributed by atoms with van der Waals surface area (Å²) in [5, 5.41) is 0. The fourth-order valence-electron chi connectivity index (χ4n) is 2.04. The van der Waals surface area contributed by atoms with Gasteiger partial charge in [0.05, 0.1) is 0 Å². The molecule has 0 aliphatic heterocycles. The van der Waals surface area contributed by atoms with Crippen molar-refractivity contribution in [2.45, 2.75) is 25.9 Å². The lowest BCUT2D eigenvalue weighted by Gasteiger charge is -2.18. The average molecular weight is 222 g/mol. The van der Waals surface area contributed by atoms with E-state index in [1.54, 1.807) is 12.1 Å². The summed E-state index contributed by atoms with van der Waals surface area (Å²) in [4.78, 5) is 2.26. The summed E-state index contributed by atoms with van der Waals surface area (Å²) in [5.74, 6) is 0.687. The Labute approximate surface area is 96.2 Å². The second kappa shape index (κ2) is 4.93. The van der Waals surface area contributed by atoms with Crippen molar-refractivity contribution in [3.63, 3.8) is 0 Å². The zero-order chi connectivity index (χ0) is 11.5. The van der Waals surface area contributed by atoms with Crippen molar-refractivity contribution >= 4 is 0 Å². The predicted molar refractivity (Wildman–Crippen MR) is 63.3 cm³/mol. The molecule has 16 heavy (non-hydrogen) atoms. The van der Waals surface area contributed by atoms with Gasteiger partial charge in [-0.1, -0.05) is 6.07 Å². The zero-order valence-corrected chi connectivity index (χ0v) is 9.75. The second-order valence-corrected chi connectivity index (χ2v) is 4.76. The molecular weight excluding hydrogens is 203 g/mol. The maximum atomic E-state index is 13.1. The van der Waals surface area contributed by atoms with Gasteiger partial charge in [0, 0.05) is 19.6 Å². The summed E-state index contributed by atoms with van der Waals surface area (Å²) < 4.78 is 13.1. The van der Waals surface area contributed by atoms with Gasteiger partial charge in [-0.25, -0.2) is 4.39 Å². The molecule has 0 aromatic heterocycles. The van der Waals surface area contributed by atoms with Crippen LogP contribution in [0.4, 0.5) is 4.39 Å². The minimum absolute atomic E-state index is 0.174. The molecular formula is C13H19FN2. The molecule has 2 N–H and O–H groups in total. The van der Waals surface area contributed by atoms with E-state index in [0.29, 0.717) is 6.54 Å². The summed E-state index contributed by atoms with van der Waals surface area (Å²) in [7, 11) is 2.09.